The molecule has 2 aromatic carbocycles. The van der Waals surface area contributed by atoms with Gasteiger partial charge in [0.25, 0.3) is 15.7 Å². The number of esters is 1. The van der Waals surface area contributed by atoms with Crippen LogP contribution in [0.25, 0.3) is 0 Å². The Balaban J connectivity index is 1.96. The predicted octanol–water partition coefficient (Wildman–Crippen LogP) is 1.86. The van der Waals surface area contributed by atoms with Crippen molar-refractivity contribution < 1.29 is 32.3 Å². The lowest BCUT2D eigenvalue weighted by molar-refractivity contribution is -0.384. The summed E-state index contributed by atoms with van der Waals surface area (Å²) in [7, 11) is -1.18. The standard InChI is InChI=1S/C19H19N3O8S/c1-28-16-8-3-12(9-17(16)29-2)19(13-10-18(23)30-11-13)20-21-31(26,27)15-6-4-14(5-7-15)22(24)25/h3-9,13,21H,10-11H2,1-2H3/b20-19-. The minimum atomic E-state index is -4.12. The third-order valence-electron chi connectivity index (χ3n) is 4.57. The van der Waals surface area contributed by atoms with Gasteiger partial charge in [0.15, 0.2) is 11.5 Å². The number of nitro groups is 1. The van der Waals surface area contributed by atoms with E-state index in [0.717, 1.165) is 24.3 Å². The van der Waals surface area contributed by atoms with Crippen LogP contribution in [0.2, 0.25) is 0 Å². The molecule has 0 aliphatic carbocycles. The fraction of sp³-hybridized carbons (Fsp3) is 0.263. The third kappa shape index (κ3) is 4.91. The molecule has 0 amide bonds. The molecule has 31 heavy (non-hydrogen) atoms. The first kappa shape index (κ1) is 22.0. The molecule has 0 saturated carbocycles. The smallest absolute Gasteiger partial charge is 0.306 e. The minimum Gasteiger partial charge on any atom is -0.493 e. The highest BCUT2D eigenvalue weighted by Gasteiger charge is 2.30. The highest BCUT2D eigenvalue weighted by molar-refractivity contribution is 7.89. The van der Waals surface area contributed by atoms with E-state index in [1.54, 1.807) is 18.2 Å². The summed E-state index contributed by atoms with van der Waals surface area (Å²) in [5.74, 6) is -0.0338. The summed E-state index contributed by atoms with van der Waals surface area (Å²) in [6.45, 7) is 0.0469. The lowest BCUT2D eigenvalue weighted by Gasteiger charge is -2.15. The molecule has 1 aliphatic rings. The predicted molar refractivity (Wildman–Crippen MR) is 109 cm³/mol. The van der Waals surface area contributed by atoms with Crippen LogP contribution in [0.4, 0.5) is 5.69 Å². The quantitative estimate of drug-likeness (QED) is 0.278. The van der Waals surface area contributed by atoms with E-state index in [4.69, 9.17) is 14.2 Å². The van der Waals surface area contributed by atoms with E-state index in [1.165, 1.54) is 14.2 Å². The maximum absolute atomic E-state index is 12.6. The number of nitrogens with one attached hydrogen (secondary N) is 1. The molecule has 2 aromatic rings. The number of carbonyl (C=O) groups excluding carboxylic acids is 1. The number of nitrogens with zero attached hydrogens (tertiary/aromatic N) is 2. The van der Waals surface area contributed by atoms with E-state index in [2.05, 4.69) is 9.93 Å². The summed E-state index contributed by atoms with van der Waals surface area (Å²) >= 11 is 0. The molecule has 0 radical (unpaired) electrons. The Morgan fingerprint density at radius 3 is 2.39 bits per heavy atom. The molecule has 12 heteroatoms. The fourth-order valence-electron chi connectivity index (χ4n) is 2.98. The van der Waals surface area contributed by atoms with Crippen molar-refractivity contribution in [1.29, 1.82) is 0 Å². The van der Waals surface area contributed by atoms with Crippen LogP contribution in [0.15, 0.2) is 52.5 Å². The van der Waals surface area contributed by atoms with Crippen LogP contribution in [-0.4, -0.2) is 45.8 Å². The molecule has 1 unspecified atom stereocenters. The average molecular weight is 449 g/mol. The topological polar surface area (TPSA) is 146 Å². The zero-order valence-electron chi connectivity index (χ0n) is 16.6. The van der Waals surface area contributed by atoms with E-state index in [1.807, 2.05) is 0 Å². The monoisotopic (exact) mass is 449 g/mol. The zero-order valence-corrected chi connectivity index (χ0v) is 17.4. The summed E-state index contributed by atoms with van der Waals surface area (Å²) < 4.78 is 40.7. The van der Waals surface area contributed by atoms with Gasteiger partial charge in [-0.25, -0.2) is 0 Å². The zero-order chi connectivity index (χ0) is 22.6. The van der Waals surface area contributed by atoms with Crippen molar-refractivity contribution in [3.63, 3.8) is 0 Å². The summed E-state index contributed by atoms with van der Waals surface area (Å²) in [5, 5.41) is 14.8. The summed E-state index contributed by atoms with van der Waals surface area (Å²) in [4.78, 5) is 23.7. The molecule has 0 aromatic heterocycles. The number of hydrogen-bond acceptors (Lipinski definition) is 9. The summed E-state index contributed by atoms with van der Waals surface area (Å²) in [5.41, 5.74) is 0.541. The molecule has 1 atom stereocenters. The first-order valence-electron chi connectivity index (χ1n) is 8.97. The average Bonchev–Trinajstić information content (AvgIpc) is 3.19. The number of non-ortho nitro benzene ring substituents is 1. The van der Waals surface area contributed by atoms with Gasteiger partial charge >= 0.3 is 5.97 Å². The van der Waals surface area contributed by atoms with Crippen molar-refractivity contribution in [2.24, 2.45) is 11.0 Å². The van der Waals surface area contributed by atoms with Gasteiger partial charge in [-0.05, 0) is 30.3 Å². The molecular formula is C19H19N3O8S. The molecule has 0 bridgehead atoms. The Bertz CT molecular complexity index is 1130. The molecule has 3 rings (SSSR count). The van der Waals surface area contributed by atoms with Crippen molar-refractivity contribution in [1.82, 2.24) is 4.83 Å². The van der Waals surface area contributed by atoms with E-state index in [0.29, 0.717) is 17.1 Å². The van der Waals surface area contributed by atoms with Crippen molar-refractivity contribution in [2.45, 2.75) is 11.3 Å². The highest BCUT2D eigenvalue weighted by atomic mass is 32.2. The Hall–Kier alpha value is -3.67. The van der Waals surface area contributed by atoms with Crippen molar-refractivity contribution in [3.05, 3.63) is 58.1 Å². The number of cyclic esters (lactones) is 1. The largest absolute Gasteiger partial charge is 0.493 e. The first-order chi connectivity index (χ1) is 14.7. The number of carbonyl (C=O) groups is 1. The second-order valence-electron chi connectivity index (χ2n) is 6.50. The molecule has 1 N–H and O–H groups in total. The Morgan fingerprint density at radius 1 is 1.16 bits per heavy atom. The minimum absolute atomic E-state index is 0.0342. The molecule has 164 valence electrons. The molecule has 0 spiro atoms. The number of hydrazone groups is 1. The molecule has 1 fully saturated rings. The van der Waals surface area contributed by atoms with Gasteiger partial charge in [0.05, 0.1) is 36.2 Å². The first-order valence-corrected chi connectivity index (χ1v) is 10.5. The van der Waals surface area contributed by atoms with Gasteiger partial charge in [0.2, 0.25) is 0 Å². The van der Waals surface area contributed by atoms with Crippen LogP contribution in [0.1, 0.15) is 12.0 Å². The van der Waals surface area contributed by atoms with Gasteiger partial charge in [0, 0.05) is 23.6 Å². The maximum atomic E-state index is 12.6. The number of rotatable bonds is 8. The molecule has 1 heterocycles. The van der Waals surface area contributed by atoms with Gasteiger partial charge in [-0.15, -0.1) is 0 Å². The van der Waals surface area contributed by atoms with Gasteiger partial charge in [-0.2, -0.15) is 18.4 Å². The fourth-order valence-corrected chi connectivity index (χ4v) is 3.80. The van der Waals surface area contributed by atoms with Crippen LogP contribution >= 0.6 is 0 Å². The van der Waals surface area contributed by atoms with Crippen molar-refractivity contribution in [2.75, 3.05) is 20.8 Å². The van der Waals surface area contributed by atoms with Crippen LogP contribution in [0.5, 0.6) is 11.5 Å². The van der Waals surface area contributed by atoms with Gasteiger partial charge in [-0.1, -0.05) is 0 Å². The lowest BCUT2D eigenvalue weighted by Crippen LogP contribution is -2.24. The van der Waals surface area contributed by atoms with Gasteiger partial charge in [-0.3, -0.25) is 14.9 Å². The van der Waals surface area contributed by atoms with Crippen molar-refractivity contribution in [3.8, 4) is 11.5 Å². The number of methoxy groups -OCH3 is 2. The van der Waals surface area contributed by atoms with Crippen molar-refractivity contribution >= 4 is 27.4 Å². The highest BCUT2D eigenvalue weighted by Crippen LogP contribution is 2.30. The summed E-state index contributed by atoms with van der Waals surface area (Å²) in [6, 6.07) is 9.27. The Kier molecular flexibility index (Phi) is 6.39. The maximum Gasteiger partial charge on any atom is 0.306 e. The Morgan fingerprint density at radius 2 is 1.84 bits per heavy atom. The van der Waals surface area contributed by atoms with E-state index in [9.17, 15) is 23.3 Å². The van der Waals surface area contributed by atoms with Crippen LogP contribution in [-0.2, 0) is 19.6 Å². The third-order valence-corrected chi connectivity index (χ3v) is 5.79. The van der Waals surface area contributed by atoms with E-state index >= 15 is 0 Å². The number of sulfonamides is 1. The SMILES string of the molecule is COc1ccc(/C(=N/NS(=O)(=O)c2ccc([N+](=O)[O-])cc2)C2COC(=O)C2)cc1OC. The van der Waals surface area contributed by atoms with Gasteiger partial charge in [0.1, 0.15) is 6.61 Å². The van der Waals surface area contributed by atoms with Crippen LogP contribution in [0, 0.1) is 16.0 Å². The van der Waals surface area contributed by atoms with E-state index < -0.39 is 26.8 Å². The normalized spacial score (nSPS) is 16.5. The lowest BCUT2D eigenvalue weighted by atomic mass is 9.95. The van der Waals surface area contributed by atoms with Crippen LogP contribution < -0.4 is 14.3 Å². The second-order valence-corrected chi connectivity index (χ2v) is 8.16. The molecular weight excluding hydrogens is 430 g/mol. The summed E-state index contributed by atoms with van der Waals surface area (Å²) in [6.07, 6.45) is 0.0342. The number of hydrogen-bond donors (Lipinski definition) is 1. The second kappa shape index (κ2) is 9.00. The number of nitro benzene ring substituents is 1. The number of ether oxygens (including phenoxy) is 3. The van der Waals surface area contributed by atoms with E-state index in [-0.39, 0.29) is 29.3 Å². The number of benzene rings is 2. The molecule has 1 saturated heterocycles. The molecule has 1 aliphatic heterocycles. The molecule has 11 nitrogen and oxygen atoms in total. The Labute approximate surface area is 177 Å². The van der Waals surface area contributed by atoms with Gasteiger partial charge < -0.3 is 14.2 Å². The van der Waals surface area contributed by atoms with Crippen LogP contribution in [0.3, 0.4) is 0 Å².